The number of carbonyl (C=O) groups excluding carboxylic acids is 1. The number of hydrogen-bond acceptors (Lipinski definition) is 4. The number of carbonyl (C=O) groups is 1. The Morgan fingerprint density at radius 2 is 2.27 bits per heavy atom. The number of benzene rings is 1. The van der Waals surface area contributed by atoms with Crippen LogP contribution in [0.15, 0.2) is 28.7 Å². The zero-order chi connectivity index (χ0) is 15.5. The third-order valence-corrected chi connectivity index (χ3v) is 3.80. The minimum absolute atomic E-state index is 0.126. The van der Waals surface area contributed by atoms with Crippen LogP contribution in [0.2, 0.25) is 5.02 Å². The fourth-order valence-electron chi connectivity index (χ4n) is 2.14. The van der Waals surface area contributed by atoms with Crippen LogP contribution in [0.1, 0.15) is 23.4 Å². The molecule has 1 aliphatic rings. The molecule has 1 fully saturated rings. The van der Waals surface area contributed by atoms with Gasteiger partial charge in [0.05, 0.1) is 12.7 Å². The zero-order valence-electron chi connectivity index (χ0n) is 12.0. The Balaban J connectivity index is 1.49. The Morgan fingerprint density at radius 1 is 1.45 bits per heavy atom. The van der Waals surface area contributed by atoms with E-state index in [9.17, 15) is 9.90 Å². The molecule has 1 heterocycles. The van der Waals surface area contributed by atoms with Crippen LogP contribution < -0.4 is 5.32 Å². The summed E-state index contributed by atoms with van der Waals surface area (Å²) in [5.74, 6) is 0.487. The number of aliphatic hydroxyl groups excluding tert-OH is 1. The maximum atomic E-state index is 12.0. The monoisotopic (exact) mass is 323 g/mol. The van der Waals surface area contributed by atoms with Crippen molar-refractivity contribution in [3.8, 4) is 0 Å². The van der Waals surface area contributed by atoms with Crippen molar-refractivity contribution in [2.45, 2.75) is 18.9 Å². The lowest BCUT2D eigenvalue weighted by atomic mass is 10.2. The normalized spacial score (nSPS) is 15.9. The van der Waals surface area contributed by atoms with Crippen molar-refractivity contribution < 1.29 is 19.1 Å². The van der Waals surface area contributed by atoms with Gasteiger partial charge in [-0.2, -0.15) is 0 Å². The van der Waals surface area contributed by atoms with Crippen LogP contribution >= 0.6 is 11.6 Å². The SMILES string of the molecule is O=C(NCC(O)COCC1CC1)c1cc2cc(Cl)ccc2o1. The molecule has 1 aromatic heterocycles. The highest BCUT2D eigenvalue weighted by Gasteiger charge is 2.21. The van der Waals surface area contributed by atoms with Gasteiger partial charge in [0, 0.05) is 23.6 Å². The minimum Gasteiger partial charge on any atom is -0.451 e. The lowest BCUT2D eigenvalue weighted by molar-refractivity contribution is 0.0319. The van der Waals surface area contributed by atoms with Crippen molar-refractivity contribution in [2.24, 2.45) is 5.92 Å². The van der Waals surface area contributed by atoms with Crippen LogP contribution in [0.4, 0.5) is 0 Å². The molecule has 1 atom stereocenters. The fraction of sp³-hybridized carbons (Fsp3) is 0.438. The highest BCUT2D eigenvalue weighted by atomic mass is 35.5. The molecule has 22 heavy (non-hydrogen) atoms. The van der Waals surface area contributed by atoms with E-state index >= 15 is 0 Å². The van der Waals surface area contributed by atoms with Crippen LogP contribution in [0.5, 0.6) is 0 Å². The van der Waals surface area contributed by atoms with Gasteiger partial charge in [-0.05, 0) is 43.0 Å². The van der Waals surface area contributed by atoms with Gasteiger partial charge >= 0.3 is 0 Å². The van der Waals surface area contributed by atoms with Gasteiger partial charge in [0.2, 0.25) is 0 Å². The summed E-state index contributed by atoms with van der Waals surface area (Å²) < 4.78 is 10.8. The summed E-state index contributed by atoms with van der Waals surface area (Å²) in [5.41, 5.74) is 0.600. The first-order valence-electron chi connectivity index (χ1n) is 7.35. The highest BCUT2D eigenvalue weighted by Crippen LogP contribution is 2.28. The Bertz CT molecular complexity index is 665. The molecule has 0 radical (unpaired) electrons. The molecule has 2 aromatic rings. The topological polar surface area (TPSA) is 71.7 Å². The van der Waals surface area contributed by atoms with Crippen molar-refractivity contribution in [3.63, 3.8) is 0 Å². The van der Waals surface area contributed by atoms with Gasteiger partial charge in [0.1, 0.15) is 5.58 Å². The summed E-state index contributed by atoms with van der Waals surface area (Å²) in [5, 5.41) is 13.8. The molecule has 0 bridgehead atoms. The number of halogens is 1. The molecule has 1 saturated carbocycles. The molecule has 5 nitrogen and oxygen atoms in total. The molecule has 6 heteroatoms. The summed E-state index contributed by atoms with van der Waals surface area (Å²) in [6.45, 7) is 1.04. The largest absolute Gasteiger partial charge is 0.451 e. The van der Waals surface area contributed by atoms with E-state index in [1.807, 2.05) is 0 Å². The third kappa shape index (κ3) is 4.00. The lowest BCUT2D eigenvalue weighted by Crippen LogP contribution is -2.34. The average molecular weight is 324 g/mol. The van der Waals surface area contributed by atoms with E-state index in [0.717, 1.165) is 5.39 Å². The molecule has 0 aliphatic heterocycles. The van der Waals surface area contributed by atoms with Crippen molar-refractivity contribution in [3.05, 3.63) is 35.0 Å². The Kier molecular flexibility index (Phi) is 4.66. The van der Waals surface area contributed by atoms with Crippen molar-refractivity contribution in [1.29, 1.82) is 0 Å². The van der Waals surface area contributed by atoms with Gasteiger partial charge in [0.25, 0.3) is 5.91 Å². The quantitative estimate of drug-likeness (QED) is 0.821. The van der Waals surface area contributed by atoms with Crippen LogP contribution in [0.3, 0.4) is 0 Å². The standard InChI is InChI=1S/C16H18ClNO4/c17-12-3-4-14-11(5-12)6-15(22-14)16(20)18-7-13(19)9-21-8-10-1-2-10/h3-6,10,13,19H,1-2,7-9H2,(H,18,20). The molecule has 2 N–H and O–H groups in total. The average Bonchev–Trinajstić information content (AvgIpc) is 3.21. The maximum Gasteiger partial charge on any atom is 0.287 e. The van der Waals surface area contributed by atoms with Crippen LogP contribution in [0.25, 0.3) is 11.0 Å². The van der Waals surface area contributed by atoms with Crippen molar-refractivity contribution in [2.75, 3.05) is 19.8 Å². The van der Waals surface area contributed by atoms with E-state index < -0.39 is 6.10 Å². The second-order valence-corrected chi connectivity index (χ2v) is 6.07. The van der Waals surface area contributed by atoms with Gasteiger partial charge in [-0.1, -0.05) is 11.6 Å². The molecule has 1 unspecified atom stereocenters. The number of rotatable bonds is 7. The number of aliphatic hydroxyl groups is 1. The lowest BCUT2D eigenvalue weighted by Gasteiger charge is -2.11. The molecule has 1 amide bonds. The Morgan fingerprint density at radius 3 is 3.05 bits per heavy atom. The first kappa shape index (κ1) is 15.3. The second-order valence-electron chi connectivity index (χ2n) is 5.64. The Labute approximate surface area is 133 Å². The minimum atomic E-state index is -0.721. The summed E-state index contributed by atoms with van der Waals surface area (Å²) in [6.07, 6.45) is 1.70. The fourth-order valence-corrected chi connectivity index (χ4v) is 2.32. The van der Waals surface area contributed by atoms with Gasteiger partial charge in [-0.15, -0.1) is 0 Å². The molecule has 1 aromatic carbocycles. The summed E-state index contributed by atoms with van der Waals surface area (Å²) in [7, 11) is 0. The smallest absolute Gasteiger partial charge is 0.287 e. The summed E-state index contributed by atoms with van der Waals surface area (Å²) >= 11 is 5.90. The molecule has 0 spiro atoms. The van der Waals surface area contributed by atoms with E-state index in [1.54, 1.807) is 24.3 Å². The third-order valence-electron chi connectivity index (χ3n) is 3.56. The summed E-state index contributed by atoms with van der Waals surface area (Å²) in [4.78, 5) is 12.0. The first-order chi connectivity index (χ1) is 10.6. The molecular formula is C16H18ClNO4. The Hall–Kier alpha value is -1.56. The zero-order valence-corrected chi connectivity index (χ0v) is 12.8. The van der Waals surface area contributed by atoms with Gasteiger partial charge in [-0.3, -0.25) is 4.79 Å². The van der Waals surface area contributed by atoms with E-state index in [0.29, 0.717) is 23.1 Å². The number of hydrogen-bond donors (Lipinski definition) is 2. The second kappa shape index (κ2) is 6.69. The van der Waals surface area contributed by atoms with E-state index in [4.69, 9.17) is 20.8 Å². The molecule has 0 saturated heterocycles. The van der Waals surface area contributed by atoms with Crippen molar-refractivity contribution >= 4 is 28.5 Å². The van der Waals surface area contributed by atoms with Gasteiger partial charge < -0.3 is 19.6 Å². The number of ether oxygens (including phenoxy) is 1. The van der Waals surface area contributed by atoms with Crippen LogP contribution in [-0.4, -0.2) is 36.9 Å². The maximum absolute atomic E-state index is 12.0. The van der Waals surface area contributed by atoms with Gasteiger partial charge in [-0.25, -0.2) is 0 Å². The first-order valence-corrected chi connectivity index (χ1v) is 7.73. The van der Waals surface area contributed by atoms with E-state index in [1.165, 1.54) is 12.8 Å². The number of amides is 1. The number of furan rings is 1. The highest BCUT2D eigenvalue weighted by molar-refractivity contribution is 6.31. The van der Waals surface area contributed by atoms with Crippen molar-refractivity contribution in [1.82, 2.24) is 5.32 Å². The van der Waals surface area contributed by atoms with E-state index in [-0.39, 0.29) is 24.8 Å². The van der Waals surface area contributed by atoms with E-state index in [2.05, 4.69) is 5.32 Å². The molecule has 1 aliphatic carbocycles. The summed E-state index contributed by atoms with van der Waals surface area (Å²) in [6, 6.07) is 6.79. The molecular weight excluding hydrogens is 306 g/mol. The predicted molar refractivity (Wildman–Crippen MR) is 83.1 cm³/mol. The molecule has 3 rings (SSSR count). The number of fused-ring (bicyclic) bond motifs is 1. The predicted octanol–water partition coefficient (Wildman–Crippen LogP) is 2.60. The van der Waals surface area contributed by atoms with Gasteiger partial charge in [0.15, 0.2) is 5.76 Å². The number of nitrogens with one attached hydrogen (secondary N) is 1. The van der Waals surface area contributed by atoms with Crippen LogP contribution in [-0.2, 0) is 4.74 Å². The molecule has 118 valence electrons. The van der Waals surface area contributed by atoms with Crippen LogP contribution in [0, 0.1) is 5.92 Å².